The second-order valence-electron chi connectivity index (χ2n) is 5.17. The number of hydrogen-bond acceptors (Lipinski definition) is 2. The lowest BCUT2D eigenvalue weighted by Crippen LogP contribution is -2.19. The van der Waals surface area contributed by atoms with Gasteiger partial charge in [0.15, 0.2) is 0 Å². The number of allylic oxidation sites excluding steroid dienone is 2. The van der Waals surface area contributed by atoms with Crippen LogP contribution in [0.3, 0.4) is 0 Å². The van der Waals surface area contributed by atoms with Crippen LogP contribution in [0.15, 0.2) is 36.0 Å². The fraction of sp³-hybridized carbons (Fsp3) is 0.600. The maximum absolute atomic E-state index is 9.73. The van der Waals surface area contributed by atoms with Crippen molar-refractivity contribution < 1.29 is 10.2 Å². The lowest BCUT2D eigenvalue weighted by atomic mass is 9.98. The van der Waals surface area contributed by atoms with Gasteiger partial charge in [-0.25, -0.2) is 0 Å². The molecule has 2 unspecified atom stereocenters. The van der Waals surface area contributed by atoms with E-state index < -0.39 is 11.7 Å². The molecule has 0 fully saturated rings. The minimum Gasteiger partial charge on any atom is -0.389 e. The molecule has 0 radical (unpaired) electrons. The van der Waals surface area contributed by atoms with Gasteiger partial charge in [-0.1, -0.05) is 29.4 Å². The first-order valence-corrected chi connectivity index (χ1v) is 6.11. The summed E-state index contributed by atoms with van der Waals surface area (Å²) < 4.78 is 0. The number of hydrogen-bond donors (Lipinski definition) is 2. The first-order chi connectivity index (χ1) is 7.76. The van der Waals surface area contributed by atoms with Crippen LogP contribution < -0.4 is 0 Å². The van der Waals surface area contributed by atoms with Crippen molar-refractivity contribution in [1.82, 2.24) is 0 Å². The Labute approximate surface area is 105 Å². The van der Waals surface area contributed by atoms with Crippen LogP contribution in [0.5, 0.6) is 0 Å². The molecule has 0 aliphatic carbocycles. The predicted molar refractivity (Wildman–Crippen MR) is 73.9 cm³/mol. The van der Waals surface area contributed by atoms with Gasteiger partial charge in [0.25, 0.3) is 0 Å². The van der Waals surface area contributed by atoms with Crippen molar-refractivity contribution in [2.75, 3.05) is 0 Å². The Morgan fingerprint density at radius 2 is 1.94 bits per heavy atom. The molecule has 0 bridgehead atoms. The Morgan fingerprint density at radius 3 is 2.41 bits per heavy atom. The molecule has 0 aromatic carbocycles. The molecule has 0 aliphatic rings. The number of rotatable bonds is 7. The maximum atomic E-state index is 9.73. The highest BCUT2D eigenvalue weighted by Gasteiger charge is 2.13. The quantitative estimate of drug-likeness (QED) is 0.668. The van der Waals surface area contributed by atoms with E-state index in [-0.39, 0.29) is 0 Å². The lowest BCUT2D eigenvalue weighted by Gasteiger charge is -2.17. The molecular formula is C15H26O2. The van der Waals surface area contributed by atoms with Crippen LogP contribution in [-0.2, 0) is 0 Å². The summed E-state index contributed by atoms with van der Waals surface area (Å²) in [6, 6.07) is 0. The van der Waals surface area contributed by atoms with Crippen LogP contribution in [0.4, 0.5) is 0 Å². The number of aliphatic hydroxyl groups is 2. The summed E-state index contributed by atoms with van der Waals surface area (Å²) >= 11 is 0. The van der Waals surface area contributed by atoms with E-state index in [2.05, 4.69) is 12.7 Å². The third-order valence-corrected chi connectivity index (χ3v) is 2.64. The molecular weight excluding hydrogens is 212 g/mol. The molecule has 0 aliphatic heterocycles. The van der Waals surface area contributed by atoms with E-state index in [9.17, 15) is 10.2 Å². The molecule has 0 rings (SSSR count). The van der Waals surface area contributed by atoms with Crippen molar-refractivity contribution in [3.05, 3.63) is 36.0 Å². The van der Waals surface area contributed by atoms with Crippen molar-refractivity contribution >= 4 is 0 Å². The van der Waals surface area contributed by atoms with Gasteiger partial charge in [-0.3, -0.25) is 0 Å². The molecule has 98 valence electrons. The molecule has 2 heteroatoms. The molecule has 2 nitrogen and oxygen atoms in total. The van der Waals surface area contributed by atoms with Gasteiger partial charge in [0, 0.05) is 0 Å². The van der Waals surface area contributed by atoms with Gasteiger partial charge in [0.05, 0.1) is 11.7 Å². The Bertz CT molecular complexity index is 294. The van der Waals surface area contributed by atoms with Gasteiger partial charge in [-0.15, -0.1) is 6.58 Å². The van der Waals surface area contributed by atoms with Crippen molar-refractivity contribution in [1.29, 1.82) is 0 Å². The molecule has 0 heterocycles. The van der Waals surface area contributed by atoms with Gasteiger partial charge in [0.2, 0.25) is 0 Å². The first-order valence-electron chi connectivity index (χ1n) is 6.11. The zero-order chi connectivity index (χ0) is 13.5. The molecule has 0 aromatic rings. The summed E-state index contributed by atoms with van der Waals surface area (Å²) in [5.74, 6) is 0. The van der Waals surface area contributed by atoms with Crippen molar-refractivity contribution in [3.63, 3.8) is 0 Å². The van der Waals surface area contributed by atoms with E-state index >= 15 is 0 Å². The molecule has 0 saturated heterocycles. The Morgan fingerprint density at radius 1 is 1.35 bits per heavy atom. The smallest absolute Gasteiger partial charge is 0.0800 e. The van der Waals surface area contributed by atoms with E-state index in [0.29, 0.717) is 12.8 Å². The summed E-state index contributed by atoms with van der Waals surface area (Å²) in [4.78, 5) is 0. The Kier molecular flexibility index (Phi) is 7.09. The van der Waals surface area contributed by atoms with Gasteiger partial charge < -0.3 is 10.2 Å². The van der Waals surface area contributed by atoms with Crippen LogP contribution in [0.2, 0.25) is 0 Å². The average molecular weight is 238 g/mol. The van der Waals surface area contributed by atoms with Gasteiger partial charge in [0.1, 0.15) is 0 Å². The third-order valence-electron chi connectivity index (χ3n) is 2.64. The van der Waals surface area contributed by atoms with Crippen molar-refractivity contribution in [2.45, 2.75) is 58.7 Å². The minimum atomic E-state index is -0.796. The van der Waals surface area contributed by atoms with E-state index in [1.807, 2.05) is 26.8 Å². The first kappa shape index (κ1) is 16.1. The highest BCUT2D eigenvalue weighted by Crippen LogP contribution is 2.15. The van der Waals surface area contributed by atoms with Crippen LogP contribution in [-0.4, -0.2) is 21.9 Å². The predicted octanol–water partition coefficient (Wildman–Crippen LogP) is 3.37. The SMILES string of the molecule is C=CC(C)(O)CC/C=C(\C)CC(O)C=C(C)C. The van der Waals surface area contributed by atoms with Crippen molar-refractivity contribution in [2.24, 2.45) is 0 Å². The average Bonchev–Trinajstić information content (AvgIpc) is 2.15. The standard InChI is InChI=1S/C15H26O2/c1-6-15(5,17)9-7-8-13(4)11-14(16)10-12(2)3/h6,8,10,14,16-17H,1,7,9,11H2,2-5H3/b13-8+. The van der Waals surface area contributed by atoms with Crippen LogP contribution in [0, 0.1) is 0 Å². The second-order valence-corrected chi connectivity index (χ2v) is 5.17. The summed E-state index contributed by atoms with van der Waals surface area (Å²) in [5.41, 5.74) is 1.48. The van der Waals surface area contributed by atoms with Gasteiger partial charge >= 0.3 is 0 Å². The molecule has 0 saturated carbocycles. The highest BCUT2D eigenvalue weighted by molar-refractivity contribution is 5.07. The monoisotopic (exact) mass is 238 g/mol. The molecule has 0 amide bonds. The summed E-state index contributed by atoms with van der Waals surface area (Å²) in [5, 5.41) is 19.4. The minimum absolute atomic E-state index is 0.406. The normalized spacial score (nSPS) is 17.2. The molecule has 0 aromatic heterocycles. The summed E-state index contributed by atoms with van der Waals surface area (Å²) in [7, 11) is 0. The van der Waals surface area contributed by atoms with Gasteiger partial charge in [-0.05, 0) is 47.0 Å². The van der Waals surface area contributed by atoms with Crippen molar-refractivity contribution in [3.8, 4) is 0 Å². The zero-order valence-corrected chi connectivity index (χ0v) is 11.5. The maximum Gasteiger partial charge on any atom is 0.0800 e. The van der Waals surface area contributed by atoms with Crippen LogP contribution in [0.1, 0.15) is 47.0 Å². The van der Waals surface area contributed by atoms with Gasteiger partial charge in [-0.2, -0.15) is 0 Å². The Balaban J connectivity index is 4.11. The second kappa shape index (κ2) is 7.46. The van der Waals surface area contributed by atoms with E-state index in [1.165, 1.54) is 0 Å². The van der Waals surface area contributed by atoms with E-state index in [0.717, 1.165) is 17.6 Å². The summed E-state index contributed by atoms with van der Waals surface area (Å²) in [6.07, 6.45) is 7.20. The Hall–Kier alpha value is -0.860. The molecule has 2 N–H and O–H groups in total. The largest absolute Gasteiger partial charge is 0.389 e. The highest BCUT2D eigenvalue weighted by atomic mass is 16.3. The molecule has 17 heavy (non-hydrogen) atoms. The lowest BCUT2D eigenvalue weighted by molar-refractivity contribution is 0.103. The topological polar surface area (TPSA) is 40.5 Å². The summed E-state index contributed by atoms with van der Waals surface area (Å²) in [6.45, 7) is 11.3. The zero-order valence-electron chi connectivity index (χ0n) is 11.5. The molecule has 2 atom stereocenters. The van der Waals surface area contributed by atoms with Crippen LogP contribution in [0.25, 0.3) is 0 Å². The van der Waals surface area contributed by atoms with E-state index in [1.54, 1.807) is 13.0 Å². The van der Waals surface area contributed by atoms with Crippen LogP contribution >= 0.6 is 0 Å². The van der Waals surface area contributed by atoms with E-state index in [4.69, 9.17) is 0 Å². The fourth-order valence-corrected chi connectivity index (χ4v) is 1.57. The fourth-order valence-electron chi connectivity index (χ4n) is 1.57. The molecule has 0 spiro atoms. The third kappa shape index (κ3) is 8.90. The number of aliphatic hydroxyl groups excluding tert-OH is 1.